The lowest BCUT2D eigenvalue weighted by molar-refractivity contribution is 0.585. The van der Waals surface area contributed by atoms with Crippen molar-refractivity contribution in [3.63, 3.8) is 0 Å². The largest absolute Gasteiger partial charge is 0.103 e. The zero-order valence-electron chi connectivity index (χ0n) is 15.5. The minimum absolute atomic E-state index is 0.670. The first-order chi connectivity index (χ1) is 11.8. The molecule has 0 aromatic heterocycles. The Bertz CT molecular complexity index is 447. The van der Waals surface area contributed by atoms with Crippen molar-refractivity contribution < 1.29 is 0 Å². The highest BCUT2D eigenvalue weighted by Crippen LogP contribution is 2.18. The lowest BCUT2D eigenvalue weighted by Gasteiger charge is -2.11. The molecule has 2 unspecified atom stereocenters. The molecule has 3 aliphatic rings. The summed E-state index contributed by atoms with van der Waals surface area (Å²) in [5, 5.41) is 0. The molecule has 0 bridgehead atoms. The van der Waals surface area contributed by atoms with Crippen LogP contribution in [0.25, 0.3) is 0 Å². The van der Waals surface area contributed by atoms with Crippen LogP contribution in [0, 0.1) is 11.8 Å². The topological polar surface area (TPSA) is 0 Å². The van der Waals surface area contributed by atoms with Gasteiger partial charge in [0.25, 0.3) is 0 Å². The van der Waals surface area contributed by atoms with Gasteiger partial charge < -0.3 is 0 Å². The SMILES string of the molecule is C=CC1=CCCCC1.C=CC1C=CCCC1.C=CC1CC=CCC1. The van der Waals surface area contributed by atoms with E-state index in [0.29, 0.717) is 5.92 Å². The average molecular weight is 325 g/mol. The van der Waals surface area contributed by atoms with Crippen LogP contribution in [0.3, 0.4) is 0 Å². The summed E-state index contributed by atoms with van der Waals surface area (Å²) in [7, 11) is 0. The molecule has 0 amide bonds. The Labute approximate surface area is 150 Å². The van der Waals surface area contributed by atoms with Gasteiger partial charge in [-0.25, -0.2) is 0 Å². The lowest BCUT2D eigenvalue weighted by Crippen LogP contribution is -1.96. The molecule has 0 heteroatoms. The second-order valence-corrected chi connectivity index (χ2v) is 6.77. The van der Waals surface area contributed by atoms with Crippen LogP contribution < -0.4 is 0 Å². The van der Waals surface area contributed by atoms with Crippen LogP contribution in [0.5, 0.6) is 0 Å². The Morgan fingerprint density at radius 3 is 2.08 bits per heavy atom. The Kier molecular flexibility index (Phi) is 11.8. The van der Waals surface area contributed by atoms with Crippen molar-refractivity contribution in [2.24, 2.45) is 11.8 Å². The molecule has 2 atom stereocenters. The highest BCUT2D eigenvalue weighted by Gasteiger charge is 2.03. The van der Waals surface area contributed by atoms with E-state index < -0.39 is 0 Å². The average Bonchev–Trinajstić information content (AvgIpc) is 2.71. The molecule has 0 nitrogen and oxygen atoms in total. The molecule has 24 heavy (non-hydrogen) atoms. The van der Waals surface area contributed by atoms with Gasteiger partial charge in [0.15, 0.2) is 0 Å². The van der Waals surface area contributed by atoms with E-state index in [9.17, 15) is 0 Å². The molecule has 0 fully saturated rings. The van der Waals surface area contributed by atoms with Gasteiger partial charge in [-0.15, -0.1) is 13.2 Å². The third kappa shape index (κ3) is 9.55. The maximum absolute atomic E-state index is 3.75. The second kappa shape index (κ2) is 13.8. The van der Waals surface area contributed by atoms with Crippen molar-refractivity contribution in [2.45, 2.75) is 64.2 Å². The predicted molar refractivity (Wildman–Crippen MR) is 110 cm³/mol. The van der Waals surface area contributed by atoms with Crippen LogP contribution >= 0.6 is 0 Å². The monoisotopic (exact) mass is 324 g/mol. The van der Waals surface area contributed by atoms with E-state index in [2.05, 4.69) is 56.2 Å². The lowest BCUT2D eigenvalue weighted by atomic mass is 9.95. The van der Waals surface area contributed by atoms with Gasteiger partial charge in [-0.3, -0.25) is 0 Å². The van der Waals surface area contributed by atoms with Crippen LogP contribution in [0.4, 0.5) is 0 Å². The molecule has 0 heterocycles. The van der Waals surface area contributed by atoms with Crippen LogP contribution in [0.15, 0.2) is 73.9 Å². The highest BCUT2D eigenvalue weighted by atomic mass is 14.1. The maximum atomic E-state index is 3.75. The van der Waals surface area contributed by atoms with Crippen LogP contribution in [0.1, 0.15) is 64.2 Å². The van der Waals surface area contributed by atoms with E-state index in [1.807, 2.05) is 12.2 Å². The van der Waals surface area contributed by atoms with Gasteiger partial charge in [0, 0.05) is 0 Å². The highest BCUT2D eigenvalue weighted by molar-refractivity contribution is 5.17. The van der Waals surface area contributed by atoms with E-state index in [-0.39, 0.29) is 0 Å². The van der Waals surface area contributed by atoms with Crippen molar-refractivity contribution in [1.82, 2.24) is 0 Å². The van der Waals surface area contributed by atoms with E-state index in [1.54, 1.807) is 0 Å². The quantitative estimate of drug-likeness (QED) is 0.466. The minimum atomic E-state index is 0.670. The number of hydrogen-bond acceptors (Lipinski definition) is 0. The van der Waals surface area contributed by atoms with Crippen molar-refractivity contribution in [3.05, 3.63) is 73.9 Å². The molecule has 132 valence electrons. The van der Waals surface area contributed by atoms with Gasteiger partial charge >= 0.3 is 0 Å². The third-order valence-electron chi connectivity index (χ3n) is 4.83. The third-order valence-corrected chi connectivity index (χ3v) is 4.83. The molecule has 0 spiro atoms. The molecule has 3 aliphatic carbocycles. The molecule has 0 aromatic carbocycles. The zero-order valence-corrected chi connectivity index (χ0v) is 15.5. The Hall–Kier alpha value is -1.56. The molecule has 0 radical (unpaired) electrons. The van der Waals surface area contributed by atoms with E-state index in [0.717, 1.165) is 5.92 Å². The minimum Gasteiger partial charge on any atom is -0.103 e. The smallest absolute Gasteiger partial charge is 0.00561 e. The fraction of sp³-hybridized carbons (Fsp3) is 0.500. The van der Waals surface area contributed by atoms with Gasteiger partial charge in [-0.2, -0.15) is 0 Å². The van der Waals surface area contributed by atoms with Crippen LogP contribution in [0.2, 0.25) is 0 Å². The first-order valence-corrected chi connectivity index (χ1v) is 9.68. The van der Waals surface area contributed by atoms with Crippen molar-refractivity contribution >= 4 is 0 Å². The molecule has 3 rings (SSSR count). The van der Waals surface area contributed by atoms with Crippen LogP contribution in [-0.2, 0) is 0 Å². The van der Waals surface area contributed by atoms with Crippen LogP contribution in [-0.4, -0.2) is 0 Å². The second-order valence-electron chi connectivity index (χ2n) is 6.77. The summed E-state index contributed by atoms with van der Waals surface area (Å²) in [6, 6.07) is 0. The molecule has 0 saturated heterocycles. The standard InChI is InChI=1S/3C8H12/c3*1-2-8-6-4-3-5-7-8/h2,6H,1,3-5,7H2;2,4,6,8H,1,3,5,7H2;2-4,8H,1,5-7H2. The fourth-order valence-electron chi connectivity index (χ4n) is 3.11. The normalized spacial score (nSPS) is 25.1. The summed E-state index contributed by atoms with van der Waals surface area (Å²) >= 11 is 0. The molecule has 0 aliphatic heterocycles. The number of rotatable bonds is 3. The number of allylic oxidation sites excluding steroid dienone is 9. The Morgan fingerprint density at radius 1 is 0.833 bits per heavy atom. The predicted octanol–water partition coefficient (Wildman–Crippen LogP) is 7.73. The van der Waals surface area contributed by atoms with Gasteiger partial charge in [-0.05, 0) is 76.0 Å². The van der Waals surface area contributed by atoms with E-state index in [4.69, 9.17) is 0 Å². The zero-order chi connectivity index (χ0) is 17.5. The van der Waals surface area contributed by atoms with E-state index >= 15 is 0 Å². The summed E-state index contributed by atoms with van der Waals surface area (Å²) in [6.07, 6.45) is 30.3. The molecule has 0 saturated carbocycles. The summed E-state index contributed by atoms with van der Waals surface area (Å²) in [5.74, 6) is 1.43. The molecule has 0 N–H and O–H groups in total. The van der Waals surface area contributed by atoms with Crippen molar-refractivity contribution in [1.29, 1.82) is 0 Å². The summed E-state index contributed by atoms with van der Waals surface area (Å²) < 4.78 is 0. The van der Waals surface area contributed by atoms with Gasteiger partial charge in [-0.1, -0.05) is 60.8 Å². The molecular formula is C24H36. The van der Waals surface area contributed by atoms with Gasteiger partial charge in [0.2, 0.25) is 0 Å². The van der Waals surface area contributed by atoms with E-state index in [1.165, 1.54) is 69.8 Å². The fourth-order valence-corrected chi connectivity index (χ4v) is 3.11. The van der Waals surface area contributed by atoms with Gasteiger partial charge in [0.05, 0.1) is 0 Å². The Morgan fingerprint density at radius 2 is 1.71 bits per heavy atom. The first-order valence-electron chi connectivity index (χ1n) is 9.68. The van der Waals surface area contributed by atoms with Gasteiger partial charge in [0.1, 0.15) is 0 Å². The maximum Gasteiger partial charge on any atom is -0.00561 e. The molecular weight excluding hydrogens is 288 g/mol. The summed E-state index contributed by atoms with van der Waals surface area (Å²) in [5.41, 5.74) is 1.44. The molecule has 0 aromatic rings. The summed E-state index contributed by atoms with van der Waals surface area (Å²) in [6.45, 7) is 11.2. The van der Waals surface area contributed by atoms with Crippen molar-refractivity contribution in [2.75, 3.05) is 0 Å². The number of hydrogen-bond donors (Lipinski definition) is 0. The summed E-state index contributed by atoms with van der Waals surface area (Å²) in [4.78, 5) is 0. The first kappa shape index (κ1) is 20.5. The Balaban J connectivity index is 0.000000180. The van der Waals surface area contributed by atoms with Crippen molar-refractivity contribution in [3.8, 4) is 0 Å².